The van der Waals surface area contributed by atoms with Crippen molar-refractivity contribution in [2.24, 2.45) is 0 Å². The number of hydrogen-bond acceptors (Lipinski definition) is 7. The molecular weight excluding hydrogens is 224 g/mol. The lowest BCUT2D eigenvalue weighted by molar-refractivity contribution is -0.0660. The number of nitrogens with zero attached hydrogens (tertiary/aromatic N) is 1. The molecule has 1 aliphatic rings. The van der Waals surface area contributed by atoms with Crippen LogP contribution in [0.15, 0.2) is 0 Å². The first-order valence-corrected chi connectivity index (χ1v) is 6.12. The Bertz CT molecular complexity index is 186. The van der Waals surface area contributed by atoms with E-state index >= 15 is 0 Å². The van der Waals surface area contributed by atoms with E-state index in [0.29, 0.717) is 6.54 Å². The van der Waals surface area contributed by atoms with Crippen LogP contribution in [0.2, 0.25) is 0 Å². The molecule has 1 saturated heterocycles. The lowest BCUT2D eigenvalue weighted by Gasteiger charge is -2.30. The zero-order valence-corrected chi connectivity index (χ0v) is 10.1. The maximum Gasteiger partial charge on any atom is 0.122 e. The van der Waals surface area contributed by atoms with Gasteiger partial charge in [-0.3, -0.25) is 5.43 Å². The van der Waals surface area contributed by atoms with Crippen molar-refractivity contribution in [2.75, 3.05) is 45.9 Å². The van der Waals surface area contributed by atoms with Gasteiger partial charge in [-0.25, -0.2) is 5.01 Å². The quantitative estimate of drug-likeness (QED) is 0.316. The second-order valence-corrected chi connectivity index (χ2v) is 4.15. The maximum atomic E-state index is 9.90. The summed E-state index contributed by atoms with van der Waals surface area (Å²) >= 11 is 0. The summed E-state index contributed by atoms with van der Waals surface area (Å²) in [6, 6.07) is 0. The molecule has 0 bridgehead atoms. The Balaban J connectivity index is 2.35. The Morgan fingerprint density at radius 2 is 1.65 bits per heavy atom. The van der Waals surface area contributed by atoms with Crippen LogP contribution in [0.25, 0.3) is 0 Å². The monoisotopic (exact) mass is 248 g/mol. The highest BCUT2D eigenvalue weighted by Crippen LogP contribution is 2.01. The standard InChI is InChI=1S/C10H24N4O3/c15-8-9(16)7-10(17)14-6-5-12-2-1-11-3-4-13-14/h9-13,15-17H,1-8H2. The summed E-state index contributed by atoms with van der Waals surface area (Å²) in [5.41, 5.74) is 3.11. The van der Waals surface area contributed by atoms with Crippen molar-refractivity contribution >= 4 is 0 Å². The largest absolute Gasteiger partial charge is 0.394 e. The number of nitrogens with one attached hydrogen (secondary N) is 3. The van der Waals surface area contributed by atoms with Crippen molar-refractivity contribution in [3.8, 4) is 0 Å². The first-order chi connectivity index (χ1) is 8.24. The number of aliphatic hydroxyl groups is 3. The molecule has 102 valence electrons. The van der Waals surface area contributed by atoms with Crippen molar-refractivity contribution in [1.82, 2.24) is 21.1 Å². The van der Waals surface area contributed by atoms with Crippen molar-refractivity contribution in [1.29, 1.82) is 0 Å². The minimum atomic E-state index is -0.881. The molecule has 0 spiro atoms. The number of hydrazine groups is 1. The van der Waals surface area contributed by atoms with Gasteiger partial charge in [-0.15, -0.1) is 0 Å². The first kappa shape index (κ1) is 14.8. The van der Waals surface area contributed by atoms with Crippen LogP contribution in [-0.4, -0.2) is 78.5 Å². The van der Waals surface area contributed by atoms with Gasteiger partial charge >= 0.3 is 0 Å². The van der Waals surface area contributed by atoms with Crippen molar-refractivity contribution in [3.05, 3.63) is 0 Å². The smallest absolute Gasteiger partial charge is 0.122 e. The van der Waals surface area contributed by atoms with Gasteiger partial charge < -0.3 is 26.0 Å². The molecule has 1 heterocycles. The van der Waals surface area contributed by atoms with Crippen LogP contribution in [0, 0.1) is 0 Å². The molecule has 0 saturated carbocycles. The van der Waals surface area contributed by atoms with Crippen LogP contribution < -0.4 is 16.1 Å². The molecule has 7 heteroatoms. The maximum absolute atomic E-state index is 9.90. The van der Waals surface area contributed by atoms with Crippen LogP contribution >= 0.6 is 0 Å². The van der Waals surface area contributed by atoms with Gasteiger partial charge in [0.05, 0.1) is 12.7 Å². The molecule has 0 amide bonds. The van der Waals surface area contributed by atoms with E-state index < -0.39 is 12.3 Å². The van der Waals surface area contributed by atoms with Crippen LogP contribution in [0.3, 0.4) is 0 Å². The molecule has 1 aliphatic heterocycles. The summed E-state index contributed by atoms with van der Waals surface area (Å²) in [5.74, 6) is 0. The first-order valence-electron chi connectivity index (χ1n) is 6.12. The fraction of sp³-hybridized carbons (Fsp3) is 1.00. The van der Waals surface area contributed by atoms with Gasteiger partial charge in [-0.1, -0.05) is 0 Å². The highest BCUT2D eigenvalue weighted by Gasteiger charge is 2.18. The van der Waals surface area contributed by atoms with Crippen molar-refractivity contribution in [2.45, 2.75) is 18.8 Å². The highest BCUT2D eigenvalue weighted by atomic mass is 16.3. The molecule has 0 aromatic heterocycles. The molecule has 0 radical (unpaired) electrons. The molecule has 2 unspecified atom stereocenters. The van der Waals surface area contributed by atoms with E-state index in [-0.39, 0.29) is 13.0 Å². The van der Waals surface area contributed by atoms with Gasteiger partial charge in [0.1, 0.15) is 6.23 Å². The second kappa shape index (κ2) is 8.76. The summed E-state index contributed by atoms with van der Waals surface area (Å²) in [6.07, 6.45) is -1.54. The third-order valence-corrected chi connectivity index (χ3v) is 2.68. The fourth-order valence-corrected chi connectivity index (χ4v) is 1.69. The van der Waals surface area contributed by atoms with Crippen molar-refractivity contribution in [3.63, 3.8) is 0 Å². The normalized spacial score (nSPS) is 24.2. The van der Waals surface area contributed by atoms with Crippen LogP contribution in [-0.2, 0) is 0 Å². The van der Waals surface area contributed by atoms with Gasteiger partial charge in [0.15, 0.2) is 0 Å². The lowest BCUT2D eigenvalue weighted by atomic mass is 10.2. The average molecular weight is 248 g/mol. The van der Waals surface area contributed by atoms with E-state index in [4.69, 9.17) is 5.11 Å². The van der Waals surface area contributed by atoms with E-state index in [0.717, 1.165) is 32.7 Å². The summed E-state index contributed by atoms with van der Waals surface area (Å²) in [6.45, 7) is 4.49. The van der Waals surface area contributed by atoms with E-state index in [9.17, 15) is 10.2 Å². The van der Waals surface area contributed by atoms with E-state index in [1.54, 1.807) is 5.01 Å². The van der Waals surface area contributed by atoms with Gasteiger partial charge in [-0.05, 0) is 0 Å². The number of rotatable bonds is 4. The molecule has 0 aromatic rings. The van der Waals surface area contributed by atoms with Gasteiger partial charge in [0, 0.05) is 45.7 Å². The van der Waals surface area contributed by atoms with Gasteiger partial charge in [0.25, 0.3) is 0 Å². The predicted molar refractivity (Wildman–Crippen MR) is 64.2 cm³/mol. The van der Waals surface area contributed by atoms with E-state index in [2.05, 4.69) is 16.1 Å². The van der Waals surface area contributed by atoms with E-state index in [1.807, 2.05) is 0 Å². The summed E-state index contributed by atoms with van der Waals surface area (Å²) in [4.78, 5) is 0. The highest BCUT2D eigenvalue weighted by molar-refractivity contribution is 4.66. The summed E-state index contributed by atoms with van der Waals surface area (Å²) in [7, 11) is 0. The SMILES string of the molecule is OCC(O)CC(O)N1CCNCCNCCN1. The molecule has 6 N–H and O–H groups in total. The van der Waals surface area contributed by atoms with Crippen LogP contribution in [0.4, 0.5) is 0 Å². The second-order valence-electron chi connectivity index (χ2n) is 4.15. The average Bonchev–Trinajstić information content (AvgIpc) is 2.35. The molecule has 0 aromatic carbocycles. The Hall–Kier alpha value is -0.280. The Morgan fingerprint density at radius 3 is 2.35 bits per heavy atom. The lowest BCUT2D eigenvalue weighted by Crippen LogP contribution is -2.52. The van der Waals surface area contributed by atoms with Crippen LogP contribution in [0.1, 0.15) is 6.42 Å². The predicted octanol–water partition coefficient (Wildman–Crippen LogP) is -2.95. The molecule has 2 atom stereocenters. The third kappa shape index (κ3) is 6.27. The topological polar surface area (TPSA) is 100 Å². The summed E-state index contributed by atoms with van der Waals surface area (Å²) in [5, 5.41) is 36.1. The fourth-order valence-electron chi connectivity index (χ4n) is 1.69. The zero-order chi connectivity index (χ0) is 12.5. The van der Waals surface area contributed by atoms with Gasteiger partial charge in [-0.2, -0.15) is 0 Å². The Morgan fingerprint density at radius 1 is 1.00 bits per heavy atom. The van der Waals surface area contributed by atoms with Crippen LogP contribution in [0.5, 0.6) is 0 Å². The Kier molecular flexibility index (Phi) is 7.62. The molecule has 17 heavy (non-hydrogen) atoms. The molecular formula is C10H24N4O3. The molecule has 1 rings (SSSR count). The molecule has 1 fully saturated rings. The number of aliphatic hydroxyl groups excluding tert-OH is 3. The summed E-state index contributed by atoms with van der Waals surface area (Å²) < 4.78 is 0. The third-order valence-electron chi connectivity index (χ3n) is 2.68. The zero-order valence-electron chi connectivity index (χ0n) is 10.1. The van der Waals surface area contributed by atoms with E-state index in [1.165, 1.54) is 0 Å². The number of hydrogen-bond donors (Lipinski definition) is 6. The molecule has 7 nitrogen and oxygen atoms in total. The van der Waals surface area contributed by atoms with Crippen molar-refractivity contribution < 1.29 is 15.3 Å². The van der Waals surface area contributed by atoms with Gasteiger partial charge in [0.2, 0.25) is 0 Å². The minimum absolute atomic E-state index is 0.136. The Labute approximate surface area is 102 Å². The molecule has 0 aliphatic carbocycles. The minimum Gasteiger partial charge on any atom is -0.394 e.